The quantitative estimate of drug-likeness (QED) is 0.112. The van der Waals surface area contributed by atoms with Gasteiger partial charge in [-0.15, -0.1) is 0 Å². The van der Waals surface area contributed by atoms with E-state index in [0.29, 0.717) is 5.02 Å². The van der Waals surface area contributed by atoms with Crippen LogP contribution in [0.2, 0.25) is 5.02 Å². The zero-order chi connectivity index (χ0) is 42.5. The number of halogens is 1. The van der Waals surface area contributed by atoms with Gasteiger partial charge < -0.3 is 0 Å². The average Bonchev–Trinajstić information content (AvgIpc) is 4.38. The molecule has 0 bridgehead atoms. The Morgan fingerprint density at radius 3 is 0.704 bits per heavy atom. The van der Waals surface area contributed by atoms with Crippen molar-refractivity contribution in [2.45, 2.75) is 15.9 Å². The largest absolute Gasteiger partial charge is 0.298 e. The van der Waals surface area contributed by atoms with E-state index in [-0.39, 0.29) is 4.90 Å². The molecule has 71 heavy (non-hydrogen) atoms. The molecule has 0 atom stereocenters. The summed E-state index contributed by atoms with van der Waals surface area (Å²) in [6, 6.07) is 5.69. The van der Waals surface area contributed by atoms with E-state index in [0.717, 1.165) is 16.7 Å². The summed E-state index contributed by atoms with van der Waals surface area (Å²) in [6.45, 7) is 0. The van der Waals surface area contributed by atoms with Crippen LogP contribution in [0.1, 0.15) is 27.8 Å². The average molecular weight is 911 g/mol. The Labute approximate surface area is 389 Å². The molecule has 2 spiro atoms. The van der Waals surface area contributed by atoms with Gasteiger partial charge >= 0.3 is 0 Å². The fraction of sp³-hybridized carbons (Fsp3) is 0.0303. The maximum absolute atomic E-state index is 16.1. The molecule has 5 heteroatoms. The van der Waals surface area contributed by atoms with Crippen LogP contribution < -0.4 is 0 Å². The molecule has 0 N–H and O–H groups in total. The summed E-state index contributed by atoms with van der Waals surface area (Å²) in [5, 5.41) is 80.3. The Morgan fingerprint density at radius 2 is 0.479 bits per heavy atom. The number of hydrogen-bond acceptors (Lipinski definition) is 3. The molecule has 0 saturated heterocycles. The zero-order valence-corrected chi connectivity index (χ0v) is 36.8. The molecule has 29 aromatic carbocycles. The topological polar surface area (TPSA) is 43.4 Å². The van der Waals surface area contributed by atoms with Crippen molar-refractivity contribution in [3.63, 3.8) is 0 Å². The van der Waals surface area contributed by atoms with Crippen LogP contribution >= 0.6 is 11.6 Å². The van der Waals surface area contributed by atoms with Crippen molar-refractivity contribution in [1.29, 1.82) is 0 Å². The molecule has 0 saturated carbocycles. The van der Waals surface area contributed by atoms with Crippen LogP contribution in [-0.4, -0.2) is 8.42 Å². The standard InChI is InChI=1S/C66H3ClO3S/c67-4-1-2-6-5(3-4)65-61-53-45-35-25-17-9-7-8-11-15-13(9)21-29-23(15)33-27-19(11)20-12(8)16-14-10(7)18(17)26-32-22(14)30-24(16)34-28(20)38-37(27)49-43(33)51-41(29)47(39(45)31(21)25)55(61)57(51)63-59(49)60-50(38)44(34)52-42(30)48-40(32)46(36(26)35)54(53)62(65)56(48)58(52)64(60)66(63,65)70-71(6,68)69/h1-3H. The lowest BCUT2D eigenvalue weighted by molar-refractivity contribution is 0.0613. The van der Waals surface area contributed by atoms with Crippen LogP contribution in [0, 0.1) is 0 Å². The first-order chi connectivity index (χ1) is 35.1. The van der Waals surface area contributed by atoms with Crippen molar-refractivity contribution >= 4 is 313 Å². The van der Waals surface area contributed by atoms with Gasteiger partial charge in [-0.2, -0.15) is 8.42 Å². The van der Waals surface area contributed by atoms with Gasteiger partial charge in [0.15, 0.2) is 5.60 Å². The Hall–Kier alpha value is -8.12. The van der Waals surface area contributed by atoms with E-state index in [1.165, 1.54) is 237 Å². The monoisotopic (exact) mass is 910 g/mol. The van der Waals surface area contributed by atoms with E-state index in [2.05, 4.69) is 6.07 Å². The van der Waals surface area contributed by atoms with Gasteiger partial charge in [-0.1, -0.05) is 11.6 Å². The second-order valence-electron chi connectivity index (χ2n) is 25.4. The van der Waals surface area contributed by atoms with Crippen molar-refractivity contribution in [3.05, 3.63) is 51.0 Å². The molecule has 0 fully saturated rings. The van der Waals surface area contributed by atoms with E-state index in [9.17, 15) is 0 Å². The van der Waals surface area contributed by atoms with Crippen LogP contribution in [0.3, 0.4) is 0 Å². The molecule has 1 heterocycles. The van der Waals surface area contributed by atoms with E-state index >= 15 is 8.42 Å². The molecule has 3 nitrogen and oxygen atoms in total. The smallest absolute Gasteiger partial charge is 0.248 e. The minimum atomic E-state index is -4.36. The van der Waals surface area contributed by atoms with Crippen molar-refractivity contribution in [2.75, 3.05) is 0 Å². The highest BCUT2D eigenvalue weighted by molar-refractivity contribution is 7.87. The fourth-order valence-corrected chi connectivity index (χ4v) is 26.6. The normalized spacial score (nSPS) is 20.3. The second kappa shape index (κ2) is 5.92. The van der Waals surface area contributed by atoms with Gasteiger partial charge in [-0.25, -0.2) is 4.18 Å². The molecular formula is C66H3ClO3S. The van der Waals surface area contributed by atoms with Gasteiger partial charge in [0.25, 0.3) is 10.1 Å². The molecule has 29 aromatic rings. The molecule has 5 aliphatic rings. The molecule has 4 aliphatic carbocycles. The second-order valence-corrected chi connectivity index (χ2v) is 27.3. The summed E-state index contributed by atoms with van der Waals surface area (Å²) < 4.78 is 40.0. The van der Waals surface area contributed by atoms with Crippen molar-refractivity contribution in [2.24, 2.45) is 0 Å². The van der Waals surface area contributed by atoms with Gasteiger partial charge in [-0.05, 0) is 326 Å². The SMILES string of the molecule is O=S1(=O)OC23c4c5c6c7c8c9c(c%10c%11c2c2c4c4c%12c5c5c6c6c8c8c%13c9c9c%10c%10c%11c%11c2c2c4c4c%12c%12c5c5c6c8c6c8c%13c9c9c%10c%10c%11c2c2c4c4c%12c5c6c5c8c9c%10c2c45)C73c2cc(Cl)ccc21. The highest BCUT2D eigenvalue weighted by Crippen LogP contribution is 2.86. The van der Waals surface area contributed by atoms with E-state index in [1.807, 2.05) is 0 Å². The highest BCUT2D eigenvalue weighted by Gasteiger charge is 2.75. The number of benzene rings is 19. The highest BCUT2D eigenvalue weighted by atomic mass is 35.5. The van der Waals surface area contributed by atoms with Crippen molar-refractivity contribution in [1.82, 2.24) is 0 Å². The molecule has 0 unspecified atom stereocenters. The Kier molecular flexibility index (Phi) is 2.23. The van der Waals surface area contributed by atoms with E-state index in [1.54, 1.807) is 76.8 Å². The number of rotatable bonds is 0. The summed E-state index contributed by atoms with van der Waals surface area (Å²) in [5.41, 5.74) is 3.37. The number of fused-ring (bicyclic) bond motifs is 1. The van der Waals surface area contributed by atoms with Gasteiger partial charge in [0.2, 0.25) is 0 Å². The Morgan fingerprint density at radius 1 is 0.282 bits per heavy atom. The summed E-state index contributed by atoms with van der Waals surface area (Å²) in [7, 11) is -4.36. The van der Waals surface area contributed by atoms with E-state index < -0.39 is 21.1 Å². The molecule has 34 rings (SSSR count). The third-order valence-electron chi connectivity index (χ3n) is 25.1. The van der Waals surface area contributed by atoms with Crippen LogP contribution in [-0.2, 0) is 25.3 Å². The van der Waals surface area contributed by atoms with Crippen molar-refractivity contribution < 1.29 is 12.6 Å². The zero-order valence-electron chi connectivity index (χ0n) is 35.2. The summed E-state index contributed by atoms with van der Waals surface area (Å²) in [5.74, 6) is 0. The summed E-state index contributed by atoms with van der Waals surface area (Å²) in [6.07, 6.45) is 0. The predicted molar refractivity (Wildman–Crippen MR) is 293 cm³/mol. The Balaban J connectivity index is 1.21. The van der Waals surface area contributed by atoms with Gasteiger partial charge in [-0.3, -0.25) is 0 Å². The van der Waals surface area contributed by atoms with Gasteiger partial charge in [0.1, 0.15) is 0 Å². The minimum absolute atomic E-state index is 0.282. The maximum Gasteiger partial charge on any atom is 0.298 e. The third-order valence-corrected chi connectivity index (χ3v) is 26.7. The summed E-state index contributed by atoms with van der Waals surface area (Å²) in [4.78, 5) is 0.282. The molecule has 0 aromatic heterocycles. The summed E-state index contributed by atoms with van der Waals surface area (Å²) >= 11 is 7.43. The van der Waals surface area contributed by atoms with Crippen LogP contribution in [0.4, 0.5) is 0 Å². The van der Waals surface area contributed by atoms with Crippen LogP contribution in [0.15, 0.2) is 23.1 Å². The molecular weight excluding hydrogens is 908 g/mol. The lowest BCUT2D eigenvalue weighted by Gasteiger charge is -2.55. The minimum Gasteiger partial charge on any atom is -0.248 e. The van der Waals surface area contributed by atoms with Crippen molar-refractivity contribution in [3.8, 4) is 0 Å². The van der Waals surface area contributed by atoms with E-state index in [4.69, 9.17) is 15.8 Å². The molecule has 0 radical (unpaired) electrons. The van der Waals surface area contributed by atoms with Crippen LogP contribution in [0.5, 0.6) is 0 Å². The first-order valence-electron chi connectivity index (χ1n) is 25.6. The lowest BCUT2D eigenvalue weighted by Crippen LogP contribution is -2.58. The van der Waals surface area contributed by atoms with Crippen LogP contribution in [0.25, 0.3) is 291 Å². The lowest BCUT2D eigenvalue weighted by atomic mass is 9.52. The molecule has 1 aliphatic heterocycles. The first-order valence-corrected chi connectivity index (χ1v) is 27.4. The first kappa shape index (κ1) is 26.7. The van der Waals surface area contributed by atoms with Gasteiger partial charge in [0.05, 0.1) is 10.3 Å². The molecule has 298 valence electrons. The Bertz CT molecular complexity index is 7490. The fourth-order valence-electron chi connectivity index (χ4n) is 25.0. The predicted octanol–water partition coefficient (Wildman–Crippen LogP) is 17.7. The number of hydrogen-bond donors (Lipinski definition) is 0. The van der Waals surface area contributed by atoms with Gasteiger partial charge in [0, 0.05) is 16.1 Å². The third kappa shape index (κ3) is 1.42. The molecule has 0 amide bonds. The maximum atomic E-state index is 16.1.